The van der Waals surface area contributed by atoms with Gasteiger partial charge >= 0.3 is 0 Å². The summed E-state index contributed by atoms with van der Waals surface area (Å²) in [6.07, 6.45) is 2.26. The van der Waals surface area contributed by atoms with Crippen molar-refractivity contribution in [2.45, 2.75) is 18.9 Å². The van der Waals surface area contributed by atoms with E-state index in [0.29, 0.717) is 21.8 Å². The molecule has 2 heterocycles. The van der Waals surface area contributed by atoms with Crippen molar-refractivity contribution in [2.75, 3.05) is 31.6 Å². The van der Waals surface area contributed by atoms with E-state index in [4.69, 9.17) is 27.9 Å². The third kappa shape index (κ3) is 2.65. The number of benzene rings is 2. The van der Waals surface area contributed by atoms with Crippen LogP contribution >= 0.6 is 23.2 Å². The van der Waals surface area contributed by atoms with Crippen LogP contribution in [0, 0.1) is 0 Å². The molecule has 0 spiro atoms. The Bertz CT molecular complexity index is 755. The Balaban J connectivity index is 1.86. The van der Waals surface area contributed by atoms with Gasteiger partial charge in [-0.1, -0.05) is 41.4 Å². The van der Waals surface area contributed by atoms with Gasteiger partial charge in [0.25, 0.3) is 0 Å². The first-order valence-electron chi connectivity index (χ1n) is 8.31. The van der Waals surface area contributed by atoms with Crippen molar-refractivity contribution >= 4 is 28.9 Å². The molecule has 3 nitrogen and oxygen atoms in total. The quantitative estimate of drug-likeness (QED) is 0.856. The van der Waals surface area contributed by atoms with E-state index < -0.39 is 0 Å². The second-order valence-electron chi connectivity index (χ2n) is 6.37. The molecule has 2 aliphatic rings. The maximum atomic E-state index is 6.56. The van der Waals surface area contributed by atoms with E-state index in [9.17, 15) is 0 Å². The van der Waals surface area contributed by atoms with Crippen LogP contribution in [-0.4, -0.2) is 32.8 Å². The summed E-state index contributed by atoms with van der Waals surface area (Å²) in [6.45, 7) is 3.10. The number of halogens is 2. The first kappa shape index (κ1) is 16.1. The predicted octanol–water partition coefficient (Wildman–Crippen LogP) is 4.39. The molecule has 1 N–H and O–H groups in total. The molecular formula is C19H20Cl2N2O. The molecule has 1 unspecified atom stereocenters. The van der Waals surface area contributed by atoms with E-state index in [0.717, 1.165) is 43.6 Å². The SMILES string of the molecule is COc1cc(Cl)c(-c2cccc3c2N2CCNCCC2C3)c(Cl)c1. The van der Waals surface area contributed by atoms with Gasteiger partial charge in [-0.3, -0.25) is 0 Å². The fourth-order valence-electron chi connectivity index (χ4n) is 3.91. The molecule has 2 aromatic carbocycles. The zero-order valence-corrected chi connectivity index (χ0v) is 15.1. The molecule has 1 fully saturated rings. The Kier molecular flexibility index (Phi) is 4.33. The standard InChI is InChI=1S/C19H20Cl2N2O/c1-24-14-10-16(20)18(17(21)11-14)15-4-2-3-12-9-13-5-6-22-7-8-23(13)19(12)15/h2-4,10-11,13,22H,5-9H2,1H3. The van der Waals surface area contributed by atoms with Crippen molar-refractivity contribution in [1.82, 2.24) is 5.32 Å². The number of methoxy groups -OCH3 is 1. The number of rotatable bonds is 2. The second kappa shape index (κ2) is 6.47. The fraction of sp³-hybridized carbons (Fsp3) is 0.368. The molecule has 0 aliphatic carbocycles. The van der Waals surface area contributed by atoms with Gasteiger partial charge < -0.3 is 15.0 Å². The summed E-state index contributed by atoms with van der Waals surface area (Å²) >= 11 is 13.1. The van der Waals surface area contributed by atoms with Crippen LogP contribution in [-0.2, 0) is 6.42 Å². The lowest BCUT2D eigenvalue weighted by Gasteiger charge is -2.27. The summed E-state index contributed by atoms with van der Waals surface area (Å²) < 4.78 is 5.27. The summed E-state index contributed by atoms with van der Waals surface area (Å²) in [5, 5.41) is 4.75. The van der Waals surface area contributed by atoms with Crippen molar-refractivity contribution < 1.29 is 4.74 Å². The van der Waals surface area contributed by atoms with Crippen LogP contribution < -0.4 is 15.0 Å². The Morgan fingerprint density at radius 1 is 1.17 bits per heavy atom. The minimum Gasteiger partial charge on any atom is -0.497 e. The second-order valence-corrected chi connectivity index (χ2v) is 7.18. The van der Waals surface area contributed by atoms with Gasteiger partial charge in [-0.05, 0) is 37.1 Å². The Labute approximate surface area is 152 Å². The Hall–Kier alpha value is -1.42. The minimum absolute atomic E-state index is 0.562. The fourth-order valence-corrected chi connectivity index (χ4v) is 4.58. The lowest BCUT2D eigenvalue weighted by Crippen LogP contribution is -2.33. The largest absolute Gasteiger partial charge is 0.497 e. The number of hydrogen-bond acceptors (Lipinski definition) is 3. The molecule has 5 heteroatoms. The number of nitrogens with one attached hydrogen (secondary N) is 1. The van der Waals surface area contributed by atoms with Crippen LogP contribution in [0.2, 0.25) is 10.0 Å². The number of anilines is 1. The number of hydrogen-bond donors (Lipinski definition) is 1. The normalized spacial score (nSPS) is 19.6. The minimum atomic E-state index is 0.562. The van der Waals surface area contributed by atoms with Crippen LogP contribution in [0.4, 0.5) is 5.69 Å². The highest BCUT2D eigenvalue weighted by molar-refractivity contribution is 6.39. The van der Waals surface area contributed by atoms with Crippen molar-refractivity contribution in [3.05, 3.63) is 45.9 Å². The van der Waals surface area contributed by atoms with Gasteiger partial charge in [0.1, 0.15) is 5.75 Å². The van der Waals surface area contributed by atoms with Gasteiger partial charge in [-0.15, -0.1) is 0 Å². The van der Waals surface area contributed by atoms with E-state index in [1.54, 1.807) is 7.11 Å². The highest BCUT2D eigenvalue weighted by Gasteiger charge is 2.32. The van der Waals surface area contributed by atoms with Gasteiger partial charge in [0, 0.05) is 35.9 Å². The number of nitrogens with zero attached hydrogens (tertiary/aromatic N) is 1. The molecule has 0 bridgehead atoms. The number of para-hydroxylation sites is 1. The number of ether oxygens (including phenoxy) is 1. The summed E-state index contributed by atoms with van der Waals surface area (Å²) in [7, 11) is 1.62. The van der Waals surface area contributed by atoms with Crippen LogP contribution in [0.15, 0.2) is 30.3 Å². The predicted molar refractivity (Wildman–Crippen MR) is 101 cm³/mol. The molecule has 2 aliphatic heterocycles. The molecule has 0 aromatic heterocycles. The smallest absolute Gasteiger partial charge is 0.121 e. The van der Waals surface area contributed by atoms with Crippen LogP contribution in [0.25, 0.3) is 11.1 Å². The molecule has 126 valence electrons. The lowest BCUT2D eigenvalue weighted by atomic mass is 9.99. The molecule has 0 radical (unpaired) electrons. The average molecular weight is 363 g/mol. The molecule has 24 heavy (non-hydrogen) atoms. The van der Waals surface area contributed by atoms with Crippen molar-refractivity contribution in [1.29, 1.82) is 0 Å². The zero-order valence-electron chi connectivity index (χ0n) is 13.6. The maximum Gasteiger partial charge on any atom is 0.121 e. The van der Waals surface area contributed by atoms with E-state index in [1.165, 1.54) is 11.3 Å². The molecule has 4 rings (SSSR count). The third-order valence-electron chi connectivity index (χ3n) is 5.01. The van der Waals surface area contributed by atoms with Crippen LogP contribution in [0.1, 0.15) is 12.0 Å². The van der Waals surface area contributed by atoms with E-state index in [2.05, 4.69) is 28.4 Å². The van der Waals surface area contributed by atoms with Gasteiger partial charge in [0.05, 0.1) is 17.2 Å². The van der Waals surface area contributed by atoms with Crippen molar-refractivity contribution in [3.63, 3.8) is 0 Å². The van der Waals surface area contributed by atoms with Gasteiger partial charge in [-0.2, -0.15) is 0 Å². The van der Waals surface area contributed by atoms with Crippen LogP contribution in [0.3, 0.4) is 0 Å². The Morgan fingerprint density at radius 3 is 2.71 bits per heavy atom. The molecule has 1 saturated heterocycles. The lowest BCUT2D eigenvalue weighted by molar-refractivity contribution is 0.415. The highest BCUT2D eigenvalue weighted by atomic mass is 35.5. The Morgan fingerprint density at radius 2 is 1.96 bits per heavy atom. The van der Waals surface area contributed by atoms with E-state index in [-0.39, 0.29) is 0 Å². The molecule has 0 saturated carbocycles. The van der Waals surface area contributed by atoms with E-state index in [1.807, 2.05) is 12.1 Å². The van der Waals surface area contributed by atoms with E-state index >= 15 is 0 Å². The highest BCUT2D eigenvalue weighted by Crippen LogP contribution is 2.46. The number of fused-ring (bicyclic) bond motifs is 3. The van der Waals surface area contributed by atoms with Gasteiger partial charge in [-0.25, -0.2) is 0 Å². The van der Waals surface area contributed by atoms with Crippen molar-refractivity contribution in [2.24, 2.45) is 0 Å². The first-order valence-corrected chi connectivity index (χ1v) is 9.07. The van der Waals surface area contributed by atoms with Gasteiger partial charge in [0.15, 0.2) is 0 Å². The summed E-state index contributed by atoms with van der Waals surface area (Å²) in [5.74, 6) is 0.679. The summed E-state index contributed by atoms with van der Waals surface area (Å²) in [5.41, 5.74) is 4.70. The summed E-state index contributed by atoms with van der Waals surface area (Å²) in [4.78, 5) is 2.53. The molecular weight excluding hydrogens is 343 g/mol. The summed E-state index contributed by atoms with van der Waals surface area (Å²) in [6, 6.07) is 10.7. The van der Waals surface area contributed by atoms with Crippen LogP contribution in [0.5, 0.6) is 5.75 Å². The van der Waals surface area contributed by atoms with Gasteiger partial charge in [0.2, 0.25) is 0 Å². The molecule has 1 atom stereocenters. The maximum absolute atomic E-state index is 6.56. The zero-order chi connectivity index (χ0) is 16.7. The first-order chi connectivity index (χ1) is 11.7. The van der Waals surface area contributed by atoms with Crippen molar-refractivity contribution in [3.8, 4) is 16.9 Å². The molecule has 0 amide bonds. The molecule has 2 aromatic rings. The monoisotopic (exact) mass is 362 g/mol. The average Bonchev–Trinajstić information content (AvgIpc) is 2.76. The third-order valence-corrected chi connectivity index (χ3v) is 5.60. The topological polar surface area (TPSA) is 24.5 Å².